The zero-order valence-corrected chi connectivity index (χ0v) is 15.5. The summed E-state index contributed by atoms with van der Waals surface area (Å²) in [5, 5.41) is 5.35. The van der Waals surface area contributed by atoms with Gasteiger partial charge in [-0.25, -0.2) is 9.59 Å². The summed E-state index contributed by atoms with van der Waals surface area (Å²) >= 11 is 0. The van der Waals surface area contributed by atoms with Gasteiger partial charge in [0.2, 0.25) is 0 Å². The van der Waals surface area contributed by atoms with E-state index in [1.165, 1.54) is 0 Å². The van der Waals surface area contributed by atoms with Crippen LogP contribution in [0.4, 0.5) is 21.0 Å². The number of nitrogens with one attached hydrogen (secondary N) is 2. The van der Waals surface area contributed by atoms with Crippen molar-refractivity contribution in [3.8, 4) is 0 Å². The zero-order valence-electron chi connectivity index (χ0n) is 15.5. The second-order valence-electron chi connectivity index (χ2n) is 6.75. The number of hydrogen-bond donors (Lipinski definition) is 2. The van der Waals surface area contributed by atoms with Crippen LogP contribution in [-0.2, 0) is 18.9 Å². The second kappa shape index (κ2) is 9.57. The third-order valence-electron chi connectivity index (χ3n) is 4.57. The van der Waals surface area contributed by atoms with Gasteiger partial charge in [0.1, 0.15) is 13.2 Å². The van der Waals surface area contributed by atoms with Crippen molar-refractivity contribution in [1.82, 2.24) is 0 Å². The Hall–Kier alpha value is -2.32. The van der Waals surface area contributed by atoms with Crippen LogP contribution in [0.1, 0.15) is 31.2 Å². The fraction of sp³-hybridized carbons (Fsp3) is 0.579. The molecular weight excluding hydrogens is 352 g/mol. The Morgan fingerprint density at radius 3 is 2.15 bits per heavy atom. The lowest BCUT2D eigenvalue weighted by Gasteiger charge is -2.14. The third-order valence-corrected chi connectivity index (χ3v) is 4.57. The molecule has 2 fully saturated rings. The van der Waals surface area contributed by atoms with Crippen LogP contribution in [-0.4, -0.2) is 50.8 Å². The SMILES string of the molecule is Cc1ccc(NC(=O)OC[C@@H]2CCCO2)cc1NC(=O)OC[C@H]1CCCO1. The van der Waals surface area contributed by atoms with Crippen LogP contribution in [0, 0.1) is 6.92 Å². The van der Waals surface area contributed by atoms with Gasteiger partial charge in [-0.05, 0) is 50.3 Å². The molecule has 1 aromatic carbocycles. The molecule has 0 spiro atoms. The molecule has 0 aromatic heterocycles. The first-order chi connectivity index (χ1) is 13.1. The fourth-order valence-corrected chi connectivity index (χ4v) is 3.02. The molecule has 2 amide bonds. The van der Waals surface area contributed by atoms with Crippen molar-refractivity contribution < 1.29 is 28.5 Å². The molecule has 2 aliphatic rings. The molecule has 0 radical (unpaired) electrons. The number of anilines is 2. The molecule has 2 aliphatic heterocycles. The van der Waals surface area contributed by atoms with Crippen LogP contribution in [0.15, 0.2) is 18.2 Å². The molecule has 0 bridgehead atoms. The normalized spacial score (nSPS) is 21.7. The van der Waals surface area contributed by atoms with E-state index in [1.807, 2.05) is 6.92 Å². The minimum atomic E-state index is -0.554. The van der Waals surface area contributed by atoms with E-state index in [-0.39, 0.29) is 25.4 Å². The summed E-state index contributed by atoms with van der Waals surface area (Å²) in [7, 11) is 0. The van der Waals surface area contributed by atoms with E-state index < -0.39 is 12.2 Å². The third kappa shape index (κ3) is 6.11. The van der Waals surface area contributed by atoms with Crippen LogP contribution in [0.3, 0.4) is 0 Å². The minimum absolute atomic E-state index is 0.0235. The molecular formula is C19H26N2O6. The molecule has 2 heterocycles. The average molecular weight is 378 g/mol. The summed E-state index contributed by atoms with van der Waals surface area (Å²) in [6.07, 6.45) is 2.64. The van der Waals surface area contributed by atoms with E-state index in [2.05, 4.69) is 10.6 Å². The number of carbonyl (C=O) groups is 2. The molecule has 2 N–H and O–H groups in total. The summed E-state index contributed by atoms with van der Waals surface area (Å²) < 4.78 is 21.2. The van der Waals surface area contributed by atoms with Gasteiger partial charge in [-0.3, -0.25) is 10.6 Å². The molecule has 8 heteroatoms. The lowest BCUT2D eigenvalue weighted by Crippen LogP contribution is -2.22. The summed E-state index contributed by atoms with van der Waals surface area (Å²) in [5.41, 5.74) is 1.93. The van der Waals surface area contributed by atoms with E-state index in [0.29, 0.717) is 24.6 Å². The first kappa shape index (κ1) is 19.4. The molecule has 8 nitrogen and oxygen atoms in total. The fourth-order valence-electron chi connectivity index (χ4n) is 3.02. The Bertz CT molecular complexity index is 654. The largest absolute Gasteiger partial charge is 0.447 e. The standard InChI is InChI=1S/C19H26N2O6/c1-13-6-7-14(20-18(22)26-11-15-4-2-8-24-15)10-17(13)21-19(23)27-12-16-5-3-9-25-16/h6-7,10,15-16H,2-5,8-9,11-12H2,1H3,(H,20,22)(H,21,23)/t15-,16+/m0/s1. The van der Waals surface area contributed by atoms with Gasteiger partial charge in [0.25, 0.3) is 0 Å². The summed E-state index contributed by atoms with van der Waals surface area (Å²) in [5.74, 6) is 0. The Labute approximate surface area is 158 Å². The lowest BCUT2D eigenvalue weighted by atomic mass is 10.2. The van der Waals surface area contributed by atoms with Crippen molar-refractivity contribution >= 4 is 23.6 Å². The number of benzene rings is 1. The summed E-state index contributed by atoms with van der Waals surface area (Å²) in [6, 6.07) is 5.20. The van der Waals surface area contributed by atoms with Gasteiger partial charge in [-0.15, -0.1) is 0 Å². The molecule has 0 unspecified atom stereocenters. The maximum atomic E-state index is 12.0. The number of ether oxygens (including phenoxy) is 4. The van der Waals surface area contributed by atoms with Crippen LogP contribution >= 0.6 is 0 Å². The van der Waals surface area contributed by atoms with Crippen molar-refractivity contribution in [3.63, 3.8) is 0 Å². The Morgan fingerprint density at radius 1 is 1.00 bits per heavy atom. The molecule has 3 rings (SSSR count). The smallest absolute Gasteiger partial charge is 0.411 e. The molecule has 0 saturated carbocycles. The van der Waals surface area contributed by atoms with Crippen molar-refractivity contribution in [2.24, 2.45) is 0 Å². The molecule has 148 valence electrons. The number of aryl methyl sites for hydroxylation is 1. The highest BCUT2D eigenvalue weighted by atomic mass is 16.6. The topological polar surface area (TPSA) is 95.1 Å². The Balaban J connectivity index is 1.47. The summed E-state index contributed by atoms with van der Waals surface area (Å²) in [4.78, 5) is 23.9. The maximum absolute atomic E-state index is 12.0. The Kier molecular flexibility index (Phi) is 6.89. The molecule has 1 aromatic rings. The van der Waals surface area contributed by atoms with Crippen molar-refractivity contribution in [1.29, 1.82) is 0 Å². The molecule has 2 saturated heterocycles. The lowest BCUT2D eigenvalue weighted by molar-refractivity contribution is 0.0484. The van der Waals surface area contributed by atoms with Crippen molar-refractivity contribution in [2.75, 3.05) is 37.1 Å². The van der Waals surface area contributed by atoms with E-state index in [4.69, 9.17) is 18.9 Å². The van der Waals surface area contributed by atoms with Gasteiger partial charge < -0.3 is 18.9 Å². The maximum Gasteiger partial charge on any atom is 0.411 e. The van der Waals surface area contributed by atoms with Crippen LogP contribution in [0.2, 0.25) is 0 Å². The van der Waals surface area contributed by atoms with Gasteiger partial charge in [-0.2, -0.15) is 0 Å². The van der Waals surface area contributed by atoms with Gasteiger partial charge in [0.05, 0.1) is 12.2 Å². The van der Waals surface area contributed by atoms with Gasteiger partial charge in [-0.1, -0.05) is 6.07 Å². The summed E-state index contributed by atoms with van der Waals surface area (Å²) in [6.45, 7) is 3.75. The van der Waals surface area contributed by atoms with Crippen molar-refractivity contribution in [2.45, 2.75) is 44.8 Å². The predicted molar refractivity (Wildman–Crippen MR) is 99.1 cm³/mol. The Morgan fingerprint density at radius 2 is 1.59 bits per heavy atom. The quantitative estimate of drug-likeness (QED) is 0.787. The monoisotopic (exact) mass is 378 g/mol. The van der Waals surface area contributed by atoms with Crippen molar-refractivity contribution in [3.05, 3.63) is 23.8 Å². The average Bonchev–Trinajstić information content (AvgIpc) is 3.35. The van der Waals surface area contributed by atoms with E-state index >= 15 is 0 Å². The molecule has 2 atom stereocenters. The van der Waals surface area contributed by atoms with E-state index in [9.17, 15) is 9.59 Å². The number of rotatable bonds is 6. The molecule has 0 aliphatic carbocycles. The number of carbonyl (C=O) groups excluding carboxylic acids is 2. The number of amides is 2. The van der Waals surface area contributed by atoms with E-state index in [0.717, 1.165) is 31.2 Å². The number of hydrogen-bond acceptors (Lipinski definition) is 6. The molecule has 27 heavy (non-hydrogen) atoms. The van der Waals surface area contributed by atoms with Gasteiger partial charge in [0, 0.05) is 24.6 Å². The van der Waals surface area contributed by atoms with Crippen LogP contribution in [0.5, 0.6) is 0 Å². The van der Waals surface area contributed by atoms with Gasteiger partial charge in [0.15, 0.2) is 0 Å². The van der Waals surface area contributed by atoms with E-state index in [1.54, 1.807) is 18.2 Å². The first-order valence-electron chi connectivity index (χ1n) is 9.31. The minimum Gasteiger partial charge on any atom is -0.447 e. The predicted octanol–water partition coefficient (Wildman–Crippen LogP) is 3.45. The highest BCUT2D eigenvalue weighted by Gasteiger charge is 2.19. The zero-order chi connectivity index (χ0) is 19.1. The second-order valence-corrected chi connectivity index (χ2v) is 6.75. The highest BCUT2D eigenvalue weighted by molar-refractivity contribution is 5.89. The van der Waals surface area contributed by atoms with Gasteiger partial charge >= 0.3 is 12.2 Å². The van der Waals surface area contributed by atoms with Crippen LogP contribution in [0.25, 0.3) is 0 Å². The van der Waals surface area contributed by atoms with Crippen LogP contribution < -0.4 is 10.6 Å². The first-order valence-corrected chi connectivity index (χ1v) is 9.31. The highest BCUT2D eigenvalue weighted by Crippen LogP contribution is 2.21.